The van der Waals surface area contributed by atoms with Gasteiger partial charge in [-0.15, -0.1) is 0 Å². The lowest BCUT2D eigenvalue weighted by atomic mass is 10.2. The van der Waals surface area contributed by atoms with E-state index in [0.717, 1.165) is 38.5 Å². The van der Waals surface area contributed by atoms with Crippen LogP contribution in [0.5, 0.6) is 0 Å². The van der Waals surface area contributed by atoms with E-state index < -0.39 is 5.69 Å². The van der Waals surface area contributed by atoms with Gasteiger partial charge in [0, 0.05) is 39.3 Å². The number of piperazine rings is 1. The van der Waals surface area contributed by atoms with Crippen molar-refractivity contribution in [3.05, 3.63) is 20.8 Å². The maximum absolute atomic E-state index is 12.4. The van der Waals surface area contributed by atoms with Crippen LogP contribution in [0.2, 0.25) is 0 Å². The third-order valence-corrected chi connectivity index (χ3v) is 4.75. The minimum absolute atomic E-state index is 0.133. The summed E-state index contributed by atoms with van der Waals surface area (Å²) in [6, 6.07) is 0.133. The summed E-state index contributed by atoms with van der Waals surface area (Å²) >= 11 is 0. The third kappa shape index (κ3) is 2.56. The van der Waals surface area contributed by atoms with E-state index in [1.165, 1.54) is 4.57 Å². The molecule has 1 atom stereocenters. The zero-order valence-electron chi connectivity index (χ0n) is 14.2. The second kappa shape index (κ2) is 5.84. The Bertz CT molecular complexity index is 825. The number of aromatic amines is 1. The molecule has 0 aromatic carbocycles. The fourth-order valence-corrected chi connectivity index (χ4v) is 3.02. The summed E-state index contributed by atoms with van der Waals surface area (Å²) in [5, 5.41) is 0. The number of hydrogen-bond donors (Lipinski definition) is 1. The second-order valence-electron chi connectivity index (χ2n) is 6.32. The van der Waals surface area contributed by atoms with Crippen molar-refractivity contribution < 1.29 is 0 Å². The Morgan fingerprint density at radius 3 is 2.43 bits per heavy atom. The Labute approximate surface area is 134 Å². The quantitative estimate of drug-likeness (QED) is 0.871. The molecular formula is C15H24N6O2. The maximum atomic E-state index is 12.4. The number of fused-ring (bicyclic) bond motifs is 1. The van der Waals surface area contributed by atoms with Crippen LogP contribution in [0.3, 0.4) is 0 Å². The van der Waals surface area contributed by atoms with Crippen molar-refractivity contribution >= 4 is 17.1 Å². The smallest absolute Gasteiger partial charge is 0.329 e. The summed E-state index contributed by atoms with van der Waals surface area (Å²) in [5.41, 5.74) is 0.140. The molecule has 1 N–H and O–H groups in total. The van der Waals surface area contributed by atoms with Gasteiger partial charge in [-0.2, -0.15) is 4.98 Å². The predicted octanol–water partition coefficient (Wildman–Crippen LogP) is 0.146. The van der Waals surface area contributed by atoms with E-state index in [1.807, 2.05) is 4.57 Å². The van der Waals surface area contributed by atoms with Crippen molar-refractivity contribution in [3.63, 3.8) is 0 Å². The van der Waals surface area contributed by atoms with Crippen molar-refractivity contribution in [1.82, 2.24) is 24.0 Å². The van der Waals surface area contributed by atoms with Crippen molar-refractivity contribution in [1.29, 1.82) is 0 Å². The minimum atomic E-state index is -0.429. The highest BCUT2D eigenvalue weighted by molar-refractivity contribution is 5.74. The summed E-state index contributed by atoms with van der Waals surface area (Å²) in [6.45, 7) is 7.80. The number of H-pyrrole nitrogens is 1. The first-order valence-corrected chi connectivity index (χ1v) is 8.08. The Balaban J connectivity index is 2.24. The first-order valence-electron chi connectivity index (χ1n) is 8.08. The fourth-order valence-electron chi connectivity index (χ4n) is 3.02. The van der Waals surface area contributed by atoms with Gasteiger partial charge in [-0.25, -0.2) is 4.79 Å². The Morgan fingerprint density at radius 1 is 1.17 bits per heavy atom. The maximum Gasteiger partial charge on any atom is 0.329 e. The zero-order valence-corrected chi connectivity index (χ0v) is 14.2. The molecular weight excluding hydrogens is 296 g/mol. The SMILES string of the molecule is CC[C@@H](C)n1c(N2CCN(C)CC2)nc2c1c(=O)[nH]c(=O)n2C. The molecule has 0 radical (unpaired) electrons. The molecule has 126 valence electrons. The van der Waals surface area contributed by atoms with Gasteiger partial charge < -0.3 is 14.4 Å². The first-order chi connectivity index (χ1) is 10.9. The van der Waals surface area contributed by atoms with Gasteiger partial charge in [0.25, 0.3) is 5.56 Å². The molecule has 1 aliphatic heterocycles. The molecule has 0 amide bonds. The number of nitrogens with one attached hydrogen (secondary N) is 1. The molecule has 0 aliphatic carbocycles. The lowest BCUT2D eigenvalue weighted by molar-refractivity contribution is 0.309. The molecule has 2 aromatic heterocycles. The van der Waals surface area contributed by atoms with Gasteiger partial charge in [0.2, 0.25) is 5.95 Å². The second-order valence-corrected chi connectivity index (χ2v) is 6.32. The summed E-state index contributed by atoms with van der Waals surface area (Å²) in [7, 11) is 3.74. The normalized spacial score (nSPS) is 17.8. The van der Waals surface area contributed by atoms with E-state index in [1.54, 1.807) is 7.05 Å². The summed E-state index contributed by atoms with van der Waals surface area (Å²) < 4.78 is 3.40. The van der Waals surface area contributed by atoms with Crippen LogP contribution >= 0.6 is 0 Å². The molecule has 8 nitrogen and oxygen atoms in total. The number of likely N-dealkylation sites (N-methyl/N-ethyl adjacent to an activating group) is 1. The van der Waals surface area contributed by atoms with Crippen LogP contribution < -0.4 is 16.1 Å². The Hall–Kier alpha value is -2.09. The van der Waals surface area contributed by atoms with Crippen molar-refractivity contribution in [2.24, 2.45) is 7.05 Å². The average molecular weight is 320 g/mol. The molecule has 8 heteroatoms. The van der Waals surface area contributed by atoms with Crippen LogP contribution in [-0.2, 0) is 7.05 Å². The predicted molar refractivity (Wildman–Crippen MR) is 90.3 cm³/mol. The van der Waals surface area contributed by atoms with E-state index in [-0.39, 0.29) is 11.6 Å². The van der Waals surface area contributed by atoms with Crippen LogP contribution in [0, 0.1) is 0 Å². The topological polar surface area (TPSA) is 79.2 Å². The molecule has 1 saturated heterocycles. The van der Waals surface area contributed by atoms with E-state index in [9.17, 15) is 9.59 Å². The molecule has 3 rings (SSSR count). The molecule has 0 unspecified atom stereocenters. The molecule has 23 heavy (non-hydrogen) atoms. The zero-order chi connectivity index (χ0) is 16.7. The molecule has 2 aromatic rings. The minimum Gasteiger partial charge on any atom is -0.340 e. The number of anilines is 1. The summed E-state index contributed by atoms with van der Waals surface area (Å²) in [5.74, 6) is 0.786. The van der Waals surface area contributed by atoms with E-state index in [4.69, 9.17) is 0 Å². The summed E-state index contributed by atoms with van der Waals surface area (Å²) in [4.78, 5) is 35.8. The van der Waals surface area contributed by atoms with Gasteiger partial charge >= 0.3 is 5.69 Å². The van der Waals surface area contributed by atoms with E-state index >= 15 is 0 Å². The number of aryl methyl sites for hydroxylation is 1. The van der Waals surface area contributed by atoms with Gasteiger partial charge in [0.05, 0.1) is 0 Å². The third-order valence-electron chi connectivity index (χ3n) is 4.75. The molecule has 1 fully saturated rings. The Kier molecular flexibility index (Phi) is 4.01. The fraction of sp³-hybridized carbons (Fsp3) is 0.667. The number of nitrogens with zero attached hydrogens (tertiary/aromatic N) is 5. The molecule has 0 bridgehead atoms. The van der Waals surface area contributed by atoms with Gasteiger partial charge in [-0.1, -0.05) is 6.92 Å². The highest BCUT2D eigenvalue weighted by Gasteiger charge is 2.25. The standard InChI is InChI=1S/C15H24N6O2/c1-5-10(2)21-11-12(19(4)15(23)17-13(11)22)16-14(21)20-8-6-18(3)7-9-20/h10H,5-9H2,1-4H3,(H,17,22,23)/t10-/m1/s1. The largest absolute Gasteiger partial charge is 0.340 e. The van der Waals surface area contributed by atoms with Crippen LogP contribution in [-0.4, -0.2) is 57.2 Å². The van der Waals surface area contributed by atoms with Crippen molar-refractivity contribution in [2.45, 2.75) is 26.3 Å². The molecule has 0 spiro atoms. The van der Waals surface area contributed by atoms with Crippen LogP contribution in [0.4, 0.5) is 5.95 Å². The van der Waals surface area contributed by atoms with Crippen LogP contribution in [0.15, 0.2) is 9.59 Å². The highest BCUT2D eigenvalue weighted by Crippen LogP contribution is 2.26. The average Bonchev–Trinajstić information content (AvgIpc) is 2.94. The molecule has 0 saturated carbocycles. The Morgan fingerprint density at radius 2 is 1.83 bits per heavy atom. The van der Waals surface area contributed by atoms with Crippen molar-refractivity contribution in [3.8, 4) is 0 Å². The van der Waals surface area contributed by atoms with Crippen molar-refractivity contribution in [2.75, 3.05) is 38.1 Å². The lowest BCUT2D eigenvalue weighted by Gasteiger charge is -2.34. The lowest BCUT2D eigenvalue weighted by Crippen LogP contribution is -2.45. The highest BCUT2D eigenvalue weighted by atomic mass is 16.2. The van der Waals surface area contributed by atoms with E-state index in [2.05, 4.69) is 40.7 Å². The van der Waals surface area contributed by atoms with Gasteiger partial charge in [-0.3, -0.25) is 14.3 Å². The number of imidazole rings is 1. The van der Waals surface area contributed by atoms with Crippen LogP contribution in [0.1, 0.15) is 26.3 Å². The number of aromatic nitrogens is 4. The van der Waals surface area contributed by atoms with E-state index in [0.29, 0.717) is 11.2 Å². The van der Waals surface area contributed by atoms with Crippen LogP contribution in [0.25, 0.3) is 11.2 Å². The number of hydrogen-bond acceptors (Lipinski definition) is 5. The van der Waals surface area contributed by atoms with Gasteiger partial charge in [0.1, 0.15) is 0 Å². The van der Waals surface area contributed by atoms with Gasteiger partial charge in [-0.05, 0) is 20.4 Å². The molecule has 1 aliphatic rings. The number of rotatable bonds is 3. The first kappa shape index (κ1) is 15.8. The summed E-state index contributed by atoms with van der Waals surface area (Å²) in [6.07, 6.45) is 0.883. The van der Waals surface area contributed by atoms with Gasteiger partial charge in [0.15, 0.2) is 11.2 Å². The monoisotopic (exact) mass is 320 g/mol. The molecule has 3 heterocycles.